The molecule has 1 aliphatic heterocycles. The number of rotatable bonds is 2. The van der Waals surface area contributed by atoms with E-state index in [1.54, 1.807) is 23.1 Å². The molecule has 2 heterocycles. The monoisotopic (exact) mass is 326 g/mol. The van der Waals surface area contributed by atoms with Crippen LogP contribution >= 0.6 is 0 Å². The number of pyridine rings is 1. The highest BCUT2D eigenvalue weighted by molar-refractivity contribution is 5.94. The summed E-state index contributed by atoms with van der Waals surface area (Å²) in [7, 11) is 0. The summed E-state index contributed by atoms with van der Waals surface area (Å²) in [6, 6.07) is 7.95. The highest BCUT2D eigenvalue weighted by atomic mass is 19.1. The number of amides is 1. The predicted octanol–water partition coefficient (Wildman–Crippen LogP) is 2.98. The zero-order valence-electron chi connectivity index (χ0n) is 13.3. The molecule has 1 atom stereocenters. The number of H-pyrrole nitrogens is 1. The molecule has 2 aliphatic rings. The topological polar surface area (TPSA) is 53.2 Å². The highest BCUT2D eigenvalue weighted by Gasteiger charge is 2.32. The fourth-order valence-corrected chi connectivity index (χ4v) is 3.87. The molecule has 1 saturated heterocycles. The number of aromatic nitrogens is 1. The normalized spacial score (nSPS) is 19.5. The number of carbonyl (C=O) groups excluding carboxylic acids is 1. The van der Waals surface area contributed by atoms with Crippen molar-refractivity contribution < 1.29 is 9.18 Å². The van der Waals surface area contributed by atoms with Gasteiger partial charge < -0.3 is 9.88 Å². The van der Waals surface area contributed by atoms with Crippen molar-refractivity contribution in [1.29, 1.82) is 0 Å². The fraction of sp³-hybridized carbons (Fsp3) is 0.368. The molecule has 4 rings (SSSR count). The predicted molar refractivity (Wildman–Crippen MR) is 88.5 cm³/mol. The van der Waals surface area contributed by atoms with Gasteiger partial charge in [0.1, 0.15) is 11.4 Å². The molecule has 1 amide bonds. The van der Waals surface area contributed by atoms with Crippen LogP contribution in [-0.2, 0) is 12.8 Å². The van der Waals surface area contributed by atoms with E-state index in [0.29, 0.717) is 6.54 Å². The van der Waals surface area contributed by atoms with Crippen molar-refractivity contribution in [3.63, 3.8) is 0 Å². The van der Waals surface area contributed by atoms with Crippen LogP contribution in [0.5, 0.6) is 0 Å². The lowest BCUT2D eigenvalue weighted by atomic mass is 10.0. The average Bonchev–Trinajstić information content (AvgIpc) is 3.22. The maximum atomic E-state index is 13.1. The average molecular weight is 326 g/mol. The first-order valence-corrected chi connectivity index (χ1v) is 8.45. The minimum Gasteiger partial charge on any atom is -0.331 e. The van der Waals surface area contributed by atoms with Crippen LogP contribution in [0.3, 0.4) is 0 Å². The number of hydrogen-bond acceptors (Lipinski definition) is 2. The number of nitrogens with zero attached hydrogens (tertiary/aromatic N) is 1. The summed E-state index contributed by atoms with van der Waals surface area (Å²) >= 11 is 0. The third kappa shape index (κ3) is 2.54. The Morgan fingerprint density at radius 3 is 2.75 bits per heavy atom. The Morgan fingerprint density at radius 2 is 1.96 bits per heavy atom. The summed E-state index contributed by atoms with van der Waals surface area (Å²) in [6.07, 6.45) is 4.52. The van der Waals surface area contributed by atoms with Gasteiger partial charge in [-0.05, 0) is 61.4 Å². The molecule has 124 valence electrons. The maximum Gasteiger partial charge on any atom is 0.261 e. The number of hydrogen-bond donors (Lipinski definition) is 1. The summed E-state index contributed by atoms with van der Waals surface area (Å²) in [6.45, 7) is 0.622. The number of benzene rings is 1. The first-order chi connectivity index (χ1) is 11.6. The van der Waals surface area contributed by atoms with Crippen molar-refractivity contribution in [2.75, 3.05) is 6.54 Å². The first-order valence-electron chi connectivity index (χ1n) is 8.45. The molecule has 0 radical (unpaired) electrons. The molecule has 0 bridgehead atoms. The van der Waals surface area contributed by atoms with Crippen molar-refractivity contribution in [2.24, 2.45) is 0 Å². The van der Waals surface area contributed by atoms with Crippen LogP contribution in [-0.4, -0.2) is 22.3 Å². The quantitative estimate of drug-likeness (QED) is 0.922. The van der Waals surface area contributed by atoms with Gasteiger partial charge in [-0.2, -0.15) is 0 Å². The summed E-state index contributed by atoms with van der Waals surface area (Å²) in [5.74, 6) is -0.512. The van der Waals surface area contributed by atoms with E-state index in [2.05, 4.69) is 4.98 Å². The van der Waals surface area contributed by atoms with E-state index < -0.39 is 0 Å². The van der Waals surface area contributed by atoms with E-state index in [1.807, 2.05) is 0 Å². The maximum absolute atomic E-state index is 13.1. The number of aryl methyl sites for hydroxylation is 2. The molecule has 2 aromatic rings. The standard InChI is InChI=1S/C19H19FN2O2/c20-14-8-6-12(7-9-14)17-5-2-10-22(17)19(24)15-11-13-3-1-4-16(13)21-18(15)23/h6-9,11,17H,1-5,10H2,(H,21,23)/t17-/m0/s1. The van der Waals surface area contributed by atoms with Crippen molar-refractivity contribution in [3.05, 3.63) is 68.9 Å². The second-order valence-corrected chi connectivity index (χ2v) is 6.58. The summed E-state index contributed by atoms with van der Waals surface area (Å²) < 4.78 is 13.1. The Labute approximate surface area is 139 Å². The summed E-state index contributed by atoms with van der Waals surface area (Å²) in [4.78, 5) is 29.9. The molecule has 0 spiro atoms. The van der Waals surface area contributed by atoms with Gasteiger partial charge in [0.05, 0.1) is 6.04 Å². The van der Waals surface area contributed by atoms with Gasteiger partial charge in [-0.15, -0.1) is 0 Å². The fourth-order valence-electron chi connectivity index (χ4n) is 3.87. The second-order valence-electron chi connectivity index (χ2n) is 6.58. The molecule has 1 aromatic heterocycles. The first kappa shape index (κ1) is 15.1. The Morgan fingerprint density at radius 1 is 1.17 bits per heavy atom. The van der Waals surface area contributed by atoms with Crippen LogP contribution in [0.15, 0.2) is 35.1 Å². The van der Waals surface area contributed by atoms with Gasteiger partial charge in [0.2, 0.25) is 0 Å². The lowest BCUT2D eigenvalue weighted by Crippen LogP contribution is -2.34. The zero-order chi connectivity index (χ0) is 16.7. The molecule has 1 fully saturated rings. The van der Waals surface area contributed by atoms with E-state index in [9.17, 15) is 14.0 Å². The van der Waals surface area contributed by atoms with Crippen LogP contribution < -0.4 is 5.56 Å². The molecule has 1 N–H and O–H groups in total. The molecular weight excluding hydrogens is 307 g/mol. The SMILES string of the molecule is O=C(c1cc2c([nH]c1=O)CCC2)N1CCC[C@H]1c1ccc(F)cc1. The molecule has 4 nitrogen and oxygen atoms in total. The number of aromatic amines is 1. The molecule has 1 aliphatic carbocycles. The van der Waals surface area contributed by atoms with Gasteiger partial charge in [0.15, 0.2) is 0 Å². The number of nitrogens with one attached hydrogen (secondary N) is 1. The smallest absolute Gasteiger partial charge is 0.261 e. The van der Waals surface area contributed by atoms with E-state index >= 15 is 0 Å². The zero-order valence-corrected chi connectivity index (χ0v) is 13.3. The lowest BCUT2D eigenvalue weighted by Gasteiger charge is -2.25. The van der Waals surface area contributed by atoms with Crippen LogP contribution in [0.4, 0.5) is 4.39 Å². The van der Waals surface area contributed by atoms with Crippen molar-refractivity contribution >= 4 is 5.91 Å². The number of likely N-dealkylation sites (tertiary alicyclic amines) is 1. The number of carbonyl (C=O) groups is 1. The van der Waals surface area contributed by atoms with Crippen LogP contribution in [0.1, 0.15) is 52.5 Å². The lowest BCUT2D eigenvalue weighted by molar-refractivity contribution is 0.0733. The third-order valence-electron chi connectivity index (χ3n) is 5.09. The molecule has 1 aromatic carbocycles. The Bertz CT molecular complexity index is 841. The van der Waals surface area contributed by atoms with Gasteiger partial charge >= 0.3 is 0 Å². The minimum absolute atomic E-state index is 0.0919. The van der Waals surface area contributed by atoms with Gasteiger partial charge in [0, 0.05) is 12.2 Å². The Kier molecular flexibility index (Phi) is 3.71. The van der Waals surface area contributed by atoms with Gasteiger partial charge in [-0.1, -0.05) is 12.1 Å². The minimum atomic E-state index is -0.301. The summed E-state index contributed by atoms with van der Waals surface area (Å²) in [5, 5.41) is 0. The highest BCUT2D eigenvalue weighted by Crippen LogP contribution is 2.33. The third-order valence-corrected chi connectivity index (χ3v) is 5.09. The molecule has 24 heavy (non-hydrogen) atoms. The Balaban J connectivity index is 1.66. The van der Waals surface area contributed by atoms with Gasteiger partial charge in [-0.25, -0.2) is 4.39 Å². The van der Waals surface area contributed by atoms with Gasteiger partial charge in [0.25, 0.3) is 11.5 Å². The molecule has 0 unspecified atom stereocenters. The molecule has 5 heteroatoms. The van der Waals surface area contributed by atoms with E-state index in [1.165, 1.54) is 12.1 Å². The molecular formula is C19H19FN2O2. The summed E-state index contributed by atoms with van der Waals surface area (Å²) in [5.41, 5.74) is 2.89. The number of fused-ring (bicyclic) bond motifs is 1. The van der Waals surface area contributed by atoms with E-state index in [0.717, 1.165) is 48.9 Å². The van der Waals surface area contributed by atoms with Crippen molar-refractivity contribution in [3.8, 4) is 0 Å². The van der Waals surface area contributed by atoms with Crippen molar-refractivity contribution in [2.45, 2.75) is 38.1 Å². The molecule has 0 saturated carbocycles. The van der Waals surface area contributed by atoms with Crippen molar-refractivity contribution in [1.82, 2.24) is 9.88 Å². The van der Waals surface area contributed by atoms with Crippen LogP contribution in [0.25, 0.3) is 0 Å². The van der Waals surface area contributed by atoms with Gasteiger partial charge in [-0.3, -0.25) is 9.59 Å². The van der Waals surface area contributed by atoms with Crippen LogP contribution in [0.2, 0.25) is 0 Å². The van der Waals surface area contributed by atoms with E-state index in [-0.39, 0.29) is 28.9 Å². The van der Waals surface area contributed by atoms with E-state index in [4.69, 9.17) is 0 Å². The largest absolute Gasteiger partial charge is 0.331 e. The van der Waals surface area contributed by atoms with Crippen LogP contribution in [0, 0.1) is 5.82 Å². The second kappa shape index (κ2) is 5.89. The number of halogens is 1. The Hall–Kier alpha value is -2.43.